The zero-order chi connectivity index (χ0) is 49.5. The molecule has 0 radical (unpaired) electrons. The lowest BCUT2D eigenvalue weighted by molar-refractivity contribution is 0.768. The van der Waals surface area contributed by atoms with Crippen LogP contribution < -0.4 is 0 Å². The minimum Gasteiger partial charge on any atom is -0.309 e. The van der Waals surface area contributed by atoms with E-state index in [9.17, 15) is 0 Å². The van der Waals surface area contributed by atoms with Gasteiger partial charge in [-0.05, 0) is 129 Å². The molecule has 0 aliphatic heterocycles. The second-order valence-corrected chi connectivity index (χ2v) is 19.7. The van der Waals surface area contributed by atoms with E-state index in [0.717, 1.165) is 89.3 Å². The van der Waals surface area contributed by atoms with Crippen LogP contribution in [-0.2, 0) is 5.41 Å². The summed E-state index contributed by atoms with van der Waals surface area (Å²) in [5.74, 6) is 0. The lowest BCUT2D eigenvalue weighted by Gasteiger charge is -2.34. The average Bonchev–Trinajstić information content (AvgIpc) is 4.18. The quantitative estimate of drug-likeness (QED) is 0.152. The van der Waals surface area contributed by atoms with Gasteiger partial charge in [-0.25, -0.2) is 0 Å². The van der Waals surface area contributed by atoms with Crippen molar-refractivity contribution >= 4 is 43.6 Å². The number of rotatable bonds is 8. The zero-order valence-electron chi connectivity index (χ0n) is 40.8. The maximum Gasteiger partial charge on any atom is 0.0937 e. The van der Waals surface area contributed by atoms with Crippen LogP contribution in [0.5, 0.6) is 0 Å². The Morgan fingerprint density at radius 1 is 0.253 bits per heavy atom. The standard InChI is InChI=1S/C71H46N4/c1-7-19-47(20-8-1)51-31-35-65-59(39-51)61-43-55(33-37-67(61)74(65)57-27-15-5-16-28-57)71(63-41-53(49-23-11-3-12-24-49)45-72-69(63)70-64(71)42-54(46-73-70)50-25-13-4-14-26-50)56-34-38-68-62(44-56)60-40-52(48-21-9-2-10-22-48)32-36-66(60)75(68)58-29-17-6-18-30-58/h1-46H. The summed E-state index contributed by atoms with van der Waals surface area (Å²) in [6, 6.07) is 97.5. The van der Waals surface area contributed by atoms with E-state index < -0.39 is 5.41 Å². The van der Waals surface area contributed by atoms with Crippen LogP contribution in [0.25, 0.3) is 111 Å². The fourth-order valence-electron chi connectivity index (χ4n) is 12.2. The zero-order valence-corrected chi connectivity index (χ0v) is 40.8. The summed E-state index contributed by atoms with van der Waals surface area (Å²) in [6.45, 7) is 0. The summed E-state index contributed by atoms with van der Waals surface area (Å²) in [6.07, 6.45) is 4.06. The van der Waals surface area contributed by atoms with Gasteiger partial charge in [0.1, 0.15) is 0 Å². The molecule has 0 amide bonds. The van der Waals surface area contributed by atoms with Gasteiger partial charge in [0.2, 0.25) is 0 Å². The lowest BCUT2D eigenvalue weighted by Crippen LogP contribution is -2.29. The van der Waals surface area contributed by atoms with Crippen molar-refractivity contribution in [2.45, 2.75) is 5.41 Å². The van der Waals surface area contributed by atoms with Crippen LogP contribution in [0.2, 0.25) is 0 Å². The summed E-state index contributed by atoms with van der Waals surface area (Å²) >= 11 is 0. The fourth-order valence-corrected chi connectivity index (χ4v) is 12.2. The molecule has 4 aromatic heterocycles. The monoisotopic (exact) mass is 954 g/mol. The van der Waals surface area contributed by atoms with Crippen molar-refractivity contribution in [1.82, 2.24) is 19.1 Å². The first-order valence-corrected chi connectivity index (χ1v) is 25.7. The summed E-state index contributed by atoms with van der Waals surface area (Å²) < 4.78 is 4.84. The van der Waals surface area contributed by atoms with Crippen LogP contribution in [0.3, 0.4) is 0 Å². The molecule has 0 bridgehead atoms. The molecular weight excluding hydrogens is 909 g/mol. The molecular formula is C71H46N4. The van der Waals surface area contributed by atoms with Crippen LogP contribution in [0.1, 0.15) is 22.3 Å². The minimum atomic E-state index is -0.890. The predicted octanol–water partition coefficient (Wildman–Crippen LogP) is 17.7. The van der Waals surface area contributed by atoms with Crippen molar-refractivity contribution in [3.05, 3.63) is 302 Å². The van der Waals surface area contributed by atoms with E-state index in [2.05, 4.69) is 276 Å². The highest BCUT2D eigenvalue weighted by Gasteiger charge is 2.49. The molecule has 4 nitrogen and oxygen atoms in total. The van der Waals surface area contributed by atoms with E-state index in [0.29, 0.717) is 0 Å². The number of benzene rings is 10. The number of pyridine rings is 2. The molecule has 0 N–H and O–H groups in total. The second-order valence-electron chi connectivity index (χ2n) is 19.7. The van der Waals surface area contributed by atoms with E-state index in [1.807, 2.05) is 12.4 Å². The molecule has 1 aliphatic carbocycles. The minimum absolute atomic E-state index is 0.889. The Morgan fingerprint density at radius 3 is 0.920 bits per heavy atom. The topological polar surface area (TPSA) is 35.6 Å². The van der Waals surface area contributed by atoms with Gasteiger partial charge in [0, 0.05) is 67.6 Å². The van der Waals surface area contributed by atoms with Gasteiger partial charge in [-0.3, -0.25) is 9.97 Å². The SMILES string of the molecule is c1ccc(-c2cnc3c(c2)C(c2ccc4c(c2)c2cc(-c5ccccc5)ccc2n4-c2ccccc2)(c2ccc4c(c2)c2cc(-c5ccccc5)ccc2n4-c2ccccc2)c2cc(-c4ccccc4)cnc2-3)cc1. The van der Waals surface area contributed by atoms with E-state index in [1.165, 1.54) is 43.8 Å². The molecule has 4 heteroatoms. The molecule has 0 fully saturated rings. The molecule has 14 aromatic rings. The van der Waals surface area contributed by atoms with Crippen LogP contribution in [0.15, 0.2) is 279 Å². The van der Waals surface area contributed by atoms with Crippen molar-refractivity contribution in [2.75, 3.05) is 0 Å². The number of nitrogens with zero attached hydrogens (tertiary/aromatic N) is 4. The maximum absolute atomic E-state index is 5.46. The lowest BCUT2D eigenvalue weighted by atomic mass is 9.67. The van der Waals surface area contributed by atoms with Gasteiger partial charge in [-0.1, -0.05) is 182 Å². The Hall–Kier alpha value is -9.90. The van der Waals surface area contributed by atoms with Gasteiger partial charge in [-0.2, -0.15) is 0 Å². The van der Waals surface area contributed by atoms with Gasteiger partial charge in [0.05, 0.1) is 38.9 Å². The van der Waals surface area contributed by atoms with Crippen molar-refractivity contribution in [3.63, 3.8) is 0 Å². The summed E-state index contributed by atoms with van der Waals surface area (Å²) in [7, 11) is 0. The van der Waals surface area contributed by atoms with Crippen molar-refractivity contribution < 1.29 is 0 Å². The Kier molecular flexibility index (Phi) is 9.76. The smallest absolute Gasteiger partial charge is 0.0937 e. The fraction of sp³-hybridized carbons (Fsp3) is 0.0141. The first kappa shape index (κ1) is 42.8. The largest absolute Gasteiger partial charge is 0.309 e. The molecule has 0 spiro atoms. The number of hydrogen-bond acceptors (Lipinski definition) is 2. The van der Waals surface area contributed by atoms with Gasteiger partial charge in [-0.15, -0.1) is 0 Å². The molecule has 1 aliphatic rings. The molecule has 0 atom stereocenters. The third kappa shape index (κ3) is 6.70. The molecule has 0 saturated heterocycles. The first-order valence-electron chi connectivity index (χ1n) is 25.7. The van der Waals surface area contributed by atoms with E-state index in [1.54, 1.807) is 0 Å². The van der Waals surface area contributed by atoms with Crippen molar-refractivity contribution in [3.8, 4) is 67.3 Å². The molecule has 15 rings (SSSR count). The highest BCUT2D eigenvalue weighted by atomic mass is 15.0. The maximum atomic E-state index is 5.46. The van der Waals surface area contributed by atoms with Crippen LogP contribution >= 0.6 is 0 Å². The molecule has 10 aromatic carbocycles. The summed E-state index contributed by atoms with van der Waals surface area (Å²) in [5, 5.41) is 4.72. The van der Waals surface area contributed by atoms with Crippen LogP contribution in [0, 0.1) is 0 Å². The molecule has 0 saturated carbocycles. The van der Waals surface area contributed by atoms with E-state index >= 15 is 0 Å². The predicted molar refractivity (Wildman–Crippen MR) is 310 cm³/mol. The Morgan fingerprint density at radius 2 is 0.560 bits per heavy atom. The highest BCUT2D eigenvalue weighted by molar-refractivity contribution is 6.13. The Bertz CT molecular complexity index is 4190. The number of aromatic nitrogens is 4. The number of para-hydroxylation sites is 2. The van der Waals surface area contributed by atoms with Gasteiger partial charge < -0.3 is 9.13 Å². The van der Waals surface area contributed by atoms with Crippen molar-refractivity contribution in [2.24, 2.45) is 0 Å². The van der Waals surface area contributed by atoms with E-state index in [4.69, 9.17) is 9.97 Å². The first-order chi connectivity index (χ1) is 37.2. The van der Waals surface area contributed by atoms with Gasteiger partial charge in [0.15, 0.2) is 0 Å². The highest BCUT2D eigenvalue weighted by Crippen LogP contribution is 2.57. The third-order valence-corrected chi connectivity index (χ3v) is 15.7. The molecule has 75 heavy (non-hydrogen) atoms. The van der Waals surface area contributed by atoms with E-state index in [-0.39, 0.29) is 0 Å². The molecule has 4 heterocycles. The van der Waals surface area contributed by atoms with Gasteiger partial charge >= 0.3 is 0 Å². The van der Waals surface area contributed by atoms with Crippen molar-refractivity contribution in [1.29, 1.82) is 0 Å². The van der Waals surface area contributed by atoms with Gasteiger partial charge in [0.25, 0.3) is 0 Å². The third-order valence-electron chi connectivity index (χ3n) is 15.7. The number of fused-ring (bicyclic) bond motifs is 9. The number of hydrogen-bond donors (Lipinski definition) is 0. The van der Waals surface area contributed by atoms with Crippen LogP contribution in [-0.4, -0.2) is 19.1 Å². The Balaban J connectivity index is 1.09. The average molecular weight is 955 g/mol. The normalized spacial score (nSPS) is 12.6. The second kappa shape index (κ2) is 17.1. The Labute approximate surface area is 434 Å². The summed E-state index contributed by atoms with van der Waals surface area (Å²) in [4.78, 5) is 10.9. The molecule has 0 unspecified atom stereocenters. The summed E-state index contributed by atoms with van der Waals surface area (Å²) in [5.41, 5.74) is 21.2. The molecule has 350 valence electrons. The van der Waals surface area contributed by atoms with Crippen LogP contribution in [0.4, 0.5) is 0 Å².